The summed E-state index contributed by atoms with van der Waals surface area (Å²) in [4.78, 5) is 42.8. The fraction of sp³-hybridized carbons (Fsp3) is 0.125. The van der Waals surface area contributed by atoms with Crippen LogP contribution in [0.25, 0.3) is 0 Å². The van der Waals surface area contributed by atoms with Crippen molar-refractivity contribution in [2.45, 2.75) is 24.4 Å². The van der Waals surface area contributed by atoms with Crippen LogP contribution >= 0.6 is 0 Å². The van der Waals surface area contributed by atoms with Gasteiger partial charge in [-0.25, -0.2) is 4.98 Å². The average Bonchev–Trinajstić information content (AvgIpc) is 3.62. The number of rotatable bonds is 13. The minimum Gasteiger partial charge on any atom is -0.504 e. The van der Waals surface area contributed by atoms with Crippen LogP contribution in [-0.2, 0) is 23.2 Å². The van der Waals surface area contributed by atoms with Gasteiger partial charge in [0.05, 0.1) is 11.3 Å². The summed E-state index contributed by atoms with van der Waals surface area (Å²) in [5.74, 6) is -2.46. The van der Waals surface area contributed by atoms with Crippen LogP contribution in [0.1, 0.15) is 38.3 Å². The predicted molar refractivity (Wildman–Crippen MR) is 193 cm³/mol. The van der Waals surface area contributed by atoms with E-state index in [9.17, 15) is 35.0 Å². The number of nitro benzene ring substituents is 1. The van der Waals surface area contributed by atoms with Crippen LogP contribution < -0.4 is 10.6 Å². The number of imidazole rings is 1. The van der Waals surface area contributed by atoms with E-state index >= 15 is 0 Å². The van der Waals surface area contributed by atoms with Gasteiger partial charge in [-0.1, -0.05) is 97.1 Å². The quantitative estimate of drug-likeness (QED) is 0.0458. The van der Waals surface area contributed by atoms with Crippen molar-refractivity contribution < 1.29 is 29.8 Å². The predicted octanol–water partition coefficient (Wildman–Crippen LogP) is 5.45. The second-order valence-electron chi connectivity index (χ2n) is 12.1. The smallest absolute Gasteiger partial charge is 0.311 e. The first-order chi connectivity index (χ1) is 25.2. The molecular weight excluding hydrogens is 662 g/mol. The fourth-order valence-corrected chi connectivity index (χ4v) is 6.38. The number of amides is 2. The minimum absolute atomic E-state index is 0.0357. The molecule has 2 amide bonds. The van der Waals surface area contributed by atoms with Crippen LogP contribution in [0.4, 0.5) is 5.69 Å². The Morgan fingerprint density at radius 3 is 1.90 bits per heavy atom. The van der Waals surface area contributed by atoms with Gasteiger partial charge >= 0.3 is 5.69 Å². The highest BCUT2D eigenvalue weighted by atomic mass is 16.6. The first-order valence-corrected chi connectivity index (χ1v) is 16.4. The average molecular weight is 698 g/mol. The number of nitrogens with one attached hydrogen (secondary N) is 2. The van der Waals surface area contributed by atoms with Gasteiger partial charge in [-0.3, -0.25) is 19.7 Å². The number of hydrogen-bond acceptors (Lipinski definition) is 8. The monoisotopic (exact) mass is 697 g/mol. The van der Waals surface area contributed by atoms with Crippen molar-refractivity contribution in [2.24, 2.45) is 0 Å². The lowest BCUT2D eigenvalue weighted by atomic mass is 9.76. The van der Waals surface area contributed by atoms with Crippen LogP contribution in [0, 0.1) is 10.1 Å². The normalized spacial score (nSPS) is 11.8. The number of benzene rings is 5. The van der Waals surface area contributed by atoms with Crippen molar-refractivity contribution in [1.82, 2.24) is 20.2 Å². The van der Waals surface area contributed by atoms with Crippen molar-refractivity contribution in [2.75, 3.05) is 6.54 Å². The highest BCUT2D eigenvalue weighted by Crippen LogP contribution is 2.41. The highest BCUT2D eigenvalue weighted by Gasteiger charge is 2.40. The molecule has 0 unspecified atom stereocenters. The van der Waals surface area contributed by atoms with E-state index in [0.717, 1.165) is 28.8 Å². The number of phenols is 3. The van der Waals surface area contributed by atoms with Crippen molar-refractivity contribution in [3.05, 3.63) is 184 Å². The largest absolute Gasteiger partial charge is 0.504 e. The summed E-state index contributed by atoms with van der Waals surface area (Å²) < 4.78 is 1.99. The number of aromatic nitrogens is 2. The molecule has 0 saturated carbocycles. The summed E-state index contributed by atoms with van der Waals surface area (Å²) >= 11 is 0. The molecule has 12 heteroatoms. The minimum atomic E-state index is -1.19. The second kappa shape index (κ2) is 15.3. The lowest BCUT2D eigenvalue weighted by molar-refractivity contribution is -0.385. The molecule has 1 aromatic heterocycles. The van der Waals surface area contributed by atoms with E-state index in [1.807, 2.05) is 95.6 Å². The zero-order chi connectivity index (χ0) is 36.7. The van der Waals surface area contributed by atoms with Gasteiger partial charge in [-0.2, -0.15) is 0 Å². The Kier molecular flexibility index (Phi) is 10.3. The van der Waals surface area contributed by atoms with E-state index in [4.69, 9.17) is 0 Å². The van der Waals surface area contributed by atoms with Crippen LogP contribution in [0.2, 0.25) is 0 Å². The summed E-state index contributed by atoms with van der Waals surface area (Å²) in [6.45, 7) is 0.126. The Morgan fingerprint density at radius 2 is 1.35 bits per heavy atom. The number of nitro groups is 1. The topological polar surface area (TPSA) is 180 Å². The molecule has 6 aromatic rings. The van der Waals surface area contributed by atoms with Crippen LogP contribution in [0.3, 0.4) is 0 Å². The molecule has 12 nitrogen and oxygen atoms in total. The number of hydrogen-bond donors (Lipinski definition) is 5. The summed E-state index contributed by atoms with van der Waals surface area (Å²) in [6, 6.07) is 36.1. The maximum Gasteiger partial charge on any atom is 0.311 e. The molecule has 0 saturated heterocycles. The number of nitrogens with zero attached hydrogens (tertiary/aromatic N) is 3. The Hall–Kier alpha value is -6.95. The molecule has 1 heterocycles. The van der Waals surface area contributed by atoms with Crippen LogP contribution in [0.5, 0.6) is 17.2 Å². The lowest BCUT2D eigenvalue weighted by Gasteiger charge is -2.39. The van der Waals surface area contributed by atoms with Gasteiger partial charge < -0.3 is 30.5 Å². The van der Waals surface area contributed by atoms with E-state index in [1.54, 1.807) is 18.6 Å². The molecule has 0 aliphatic carbocycles. The molecule has 0 bridgehead atoms. The van der Waals surface area contributed by atoms with E-state index in [-0.39, 0.29) is 30.0 Å². The van der Waals surface area contributed by atoms with E-state index < -0.39 is 39.8 Å². The van der Waals surface area contributed by atoms with Crippen molar-refractivity contribution in [1.29, 1.82) is 0 Å². The molecule has 1 atom stereocenters. The Balaban J connectivity index is 1.40. The standard InChI is InChI=1S/C40H35N5O7/c46-35-19-17-28(23-34(35)45(51)52)38(49)43-33(39(50)42-21-20-27-16-18-36(47)37(48)22-27)24-32-25-41-26-44(32)40(29-10-4-1-5-11-29,30-12-6-2-7-13-30)31-14-8-3-9-15-31/h1-19,22-23,25-26,33,46-48H,20-21,24H2,(H,42,50)(H,43,49)/t33-/m1/s1. The number of carbonyl (C=O) groups is 2. The van der Waals surface area contributed by atoms with Gasteiger partial charge in [0.15, 0.2) is 17.2 Å². The van der Waals surface area contributed by atoms with Gasteiger partial charge in [0.25, 0.3) is 5.91 Å². The lowest BCUT2D eigenvalue weighted by Crippen LogP contribution is -2.49. The summed E-state index contributed by atoms with van der Waals surface area (Å²) in [7, 11) is 0. The summed E-state index contributed by atoms with van der Waals surface area (Å²) in [5.41, 5.74) is 2.28. The first kappa shape index (κ1) is 34.9. The maximum atomic E-state index is 14.0. The fourth-order valence-electron chi connectivity index (χ4n) is 6.38. The SMILES string of the molecule is O=C(N[C@H](Cc1cncn1C(c1ccccc1)(c1ccccc1)c1ccccc1)C(=O)NCCc1ccc(O)c(O)c1)c1ccc(O)c([N+](=O)[O-])c1. The van der Waals surface area contributed by atoms with Crippen LogP contribution in [-0.4, -0.2) is 54.2 Å². The Labute approximate surface area is 298 Å². The third kappa shape index (κ3) is 7.17. The molecule has 0 aliphatic heterocycles. The molecule has 0 radical (unpaired) electrons. The highest BCUT2D eigenvalue weighted by molar-refractivity contribution is 5.98. The first-order valence-electron chi connectivity index (χ1n) is 16.4. The third-order valence-electron chi connectivity index (χ3n) is 8.87. The molecule has 0 fully saturated rings. The zero-order valence-corrected chi connectivity index (χ0v) is 27.8. The number of carbonyl (C=O) groups excluding carboxylic acids is 2. The molecule has 0 aliphatic rings. The summed E-state index contributed by atoms with van der Waals surface area (Å²) in [6.07, 6.45) is 3.60. The molecule has 52 heavy (non-hydrogen) atoms. The van der Waals surface area contributed by atoms with E-state index in [1.165, 1.54) is 18.2 Å². The van der Waals surface area contributed by atoms with Crippen LogP contribution in [0.15, 0.2) is 140 Å². The molecule has 5 N–H and O–H groups in total. The zero-order valence-electron chi connectivity index (χ0n) is 27.8. The van der Waals surface area contributed by atoms with Crippen molar-refractivity contribution in [3.63, 3.8) is 0 Å². The number of aromatic hydroxyl groups is 3. The Bertz CT molecular complexity index is 2090. The van der Waals surface area contributed by atoms with Gasteiger partial charge in [0, 0.05) is 36.5 Å². The summed E-state index contributed by atoms with van der Waals surface area (Å²) in [5, 5.41) is 46.7. The van der Waals surface area contributed by atoms with Crippen molar-refractivity contribution >= 4 is 17.5 Å². The molecule has 5 aromatic carbocycles. The van der Waals surface area contributed by atoms with Gasteiger partial charge in [-0.05, 0) is 52.9 Å². The van der Waals surface area contributed by atoms with Gasteiger partial charge in [0.1, 0.15) is 11.6 Å². The van der Waals surface area contributed by atoms with Crippen molar-refractivity contribution in [3.8, 4) is 17.2 Å². The molecule has 0 spiro atoms. The number of phenolic OH excluding ortho intramolecular Hbond substituents is 3. The Morgan fingerprint density at radius 1 is 0.769 bits per heavy atom. The molecular formula is C40H35N5O7. The van der Waals surface area contributed by atoms with E-state index in [0.29, 0.717) is 17.7 Å². The third-order valence-corrected chi connectivity index (χ3v) is 8.87. The molecule has 262 valence electrons. The van der Waals surface area contributed by atoms with Gasteiger partial charge in [0.2, 0.25) is 5.91 Å². The maximum absolute atomic E-state index is 14.0. The van der Waals surface area contributed by atoms with Gasteiger partial charge in [-0.15, -0.1) is 0 Å². The second-order valence-corrected chi connectivity index (χ2v) is 12.1. The van der Waals surface area contributed by atoms with E-state index in [2.05, 4.69) is 15.6 Å². The molecule has 6 rings (SSSR count).